The highest BCUT2D eigenvalue weighted by Crippen LogP contribution is 2.24. The van der Waals surface area contributed by atoms with Gasteiger partial charge in [0.1, 0.15) is 11.9 Å². The van der Waals surface area contributed by atoms with Crippen molar-refractivity contribution in [3.63, 3.8) is 0 Å². The van der Waals surface area contributed by atoms with Crippen LogP contribution in [0.5, 0.6) is 0 Å². The molecule has 124 valence electrons. The largest absolute Gasteiger partial charge is 0.370 e. The molecular weight excluding hydrogens is 329 g/mol. The summed E-state index contributed by atoms with van der Waals surface area (Å²) in [7, 11) is 0. The summed E-state index contributed by atoms with van der Waals surface area (Å²) in [5.41, 5.74) is 1.72. The summed E-state index contributed by atoms with van der Waals surface area (Å²) in [5.74, 6) is -0.438. The van der Waals surface area contributed by atoms with Gasteiger partial charge in [0.25, 0.3) is 0 Å². The van der Waals surface area contributed by atoms with E-state index in [4.69, 9.17) is 10.00 Å². The summed E-state index contributed by atoms with van der Waals surface area (Å²) in [6.45, 7) is 1.46. The number of carbonyl (C=O) groups is 1. The monoisotopic (exact) mass is 345 g/mol. The Morgan fingerprint density at radius 3 is 3.12 bits per heavy atom. The highest BCUT2D eigenvalue weighted by atomic mass is 32.1. The molecule has 1 aromatic heterocycles. The van der Waals surface area contributed by atoms with Crippen molar-refractivity contribution in [1.29, 1.82) is 5.26 Å². The molecule has 1 saturated heterocycles. The number of morpholine rings is 1. The number of hydrogen-bond donors (Lipinski definition) is 1. The van der Waals surface area contributed by atoms with Gasteiger partial charge in [-0.15, -0.1) is 0 Å². The van der Waals surface area contributed by atoms with Crippen molar-refractivity contribution in [2.24, 2.45) is 0 Å². The van der Waals surface area contributed by atoms with E-state index in [1.54, 1.807) is 16.2 Å². The van der Waals surface area contributed by atoms with Gasteiger partial charge in [0.15, 0.2) is 0 Å². The maximum Gasteiger partial charge on any atom is 0.317 e. The molecule has 0 radical (unpaired) electrons. The topological polar surface area (TPSA) is 65.4 Å². The van der Waals surface area contributed by atoms with E-state index in [0.29, 0.717) is 30.8 Å². The van der Waals surface area contributed by atoms with Crippen LogP contribution in [0.3, 0.4) is 0 Å². The van der Waals surface area contributed by atoms with Crippen molar-refractivity contribution in [3.05, 3.63) is 57.5 Å². The lowest BCUT2D eigenvalue weighted by molar-refractivity contribution is -0.0152. The van der Waals surface area contributed by atoms with Crippen LogP contribution >= 0.6 is 11.3 Å². The van der Waals surface area contributed by atoms with E-state index in [0.717, 1.165) is 5.56 Å². The lowest BCUT2D eigenvalue weighted by atomic mass is 10.1. The molecule has 24 heavy (non-hydrogen) atoms. The van der Waals surface area contributed by atoms with E-state index in [1.165, 1.54) is 18.2 Å². The number of nitrogens with zero attached hydrogens (tertiary/aromatic N) is 2. The maximum absolute atomic E-state index is 13.8. The van der Waals surface area contributed by atoms with Crippen LogP contribution in [0.25, 0.3) is 0 Å². The van der Waals surface area contributed by atoms with Crippen LogP contribution in [-0.2, 0) is 11.3 Å². The molecule has 1 atom stereocenters. The Bertz CT molecular complexity index is 758. The van der Waals surface area contributed by atoms with Crippen LogP contribution in [0.15, 0.2) is 35.0 Å². The van der Waals surface area contributed by atoms with Crippen molar-refractivity contribution in [3.8, 4) is 6.07 Å². The number of urea groups is 1. The fourth-order valence-electron chi connectivity index (χ4n) is 2.56. The average Bonchev–Trinajstić information content (AvgIpc) is 3.15. The van der Waals surface area contributed by atoms with Gasteiger partial charge in [-0.2, -0.15) is 16.6 Å². The molecule has 5 nitrogen and oxygen atoms in total. The summed E-state index contributed by atoms with van der Waals surface area (Å²) >= 11 is 1.59. The lowest BCUT2D eigenvalue weighted by Crippen LogP contribution is -2.46. The Hall–Kier alpha value is -2.43. The number of thiophene rings is 1. The molecule has 0 saturated carbocycles. The fourth-order valence-corrected chi connectivity index (χ4v) is 3.26. The first-order chi connectivity index (χ1) is 11.7. The lowest BCUT2D eigenvalue weighted by Gasteiger charge is -2.32. The van der Waals surface area contributed by atoms with Crippen molar-refractivity contribution in [1.82, 2.24) is 10.2 Å². The van der Waals surface area contributed by atoms with E-state index >= 15 is 0 Å². The second-order valence-electron chi connectivity index (χ2n) is 5.44. The number of halogens is 1. The van der Waals surface area contributed by atoms with Crippen molar-refractivity contribution in [2.45, 2.75) is 12.6 Å². The second-order valence-corrected chi connectivity index (χ2v) is 6.22. The molecule has 2 amide bonds. The number of rotatable bonds is 3. The zero-order valence-corrected chi connectivity index (χ0v) is 13.7. The Morgan fingerprint density at radius 1 is 1.50 bits per heavy atom. The van der Waals surface area contributed by atoms with Crippen LogP contribution in [0.4, 0.5) is 9.18 Å². The Labute approximate surface area is 143 Å². The number of carbonyl (C=O) groups excluding carboxylic acids is 1. The first kappa shape index (κ1) is 16.4. The van der Waals surface area contributed by atoms with Gasteiger partial charge in [-0.05, 0) is 40.6 Å². The van der Waals surface area contributed by atoms with Gasteiger partial charge in [-0.3, -0.25) is 0 Å². The quantitative estimate of drug-likeness (QED) is 0.930. The highest BCUT2D eigenvalue weighted by molar-refractivity contribution is 7.07. The first-order valence-corrected chi connectivity index (χ1v) is 8.46. The Kier molecular flexibility index (Phi) is 5.08. The van der Waals surface area contributed by atoms with E-state index < -0.39 is 5.82 Å². The minimum absolute atomic E-state index is 0.0423. The maximum atomic E-state index is 13.8. The van der Waals surface area contributed by atoms with Gasteiger partial charge in [0.05, 0.1) is 24.8 Å². The van der Waals surface area contributed by atoms with E-state index in [-0.39, 0.29) is 18.7 Å². The highest BCUT2D eigenvalue weighted by Gasteiger charge is 2.25. The number of benzene rings is 1. The summed E-state index contributed by atoms with van der Waals surface area (Å²) < 4.78 is 19.5. The molecule has 0 spiro atoms. The molecule has 7 heteroatoms. The van der Waals surface area contributed by atoms with Gasteiger partial charge in [-0.1, -0.05) is 0 Å². The van der Waals surface area contributed by atoms with Crippen LogP contribution in [0, 0.1) is 17.1 Å². The third-order valence-corrected chi connectivity index (χ3v) is 4.57. The van der Waals surface area contributed by atoms with Gasteiger partial charge >= 0.3 is 6.03 Å². The smallest absolute Gasteiger partial charge is 0.317 e. The van der Waals surface area contributed by atoms with Crippen LogP contribution in [0.2, 0.25) is 0 Å². The molecule has 1 fully saturated rings. The molecule has 1 aliphatic rings. The third kappa shape index (κ3) is 3.72. The molecule has 0 unspecified atom stereocenters. The van der Waals surface area contributed by atoms with Gasteiger partial charge in [-0.25, -0.2) is 9.18 Å². The van der Waals surface area contributed by atoms with E-state index in [2.05, 4.69) is 5.32 Å². The summed E-state index contributed by atoms with van der Waals surface area (Å²) in [6, 6.07) is 7.78. The van der Waals surface area contributed by atoms with Gasteiger partial charge in [0.2, 0.25) is 0 Å². The average molecular weight is 345 g/mol. The van der Waals surface area contributed by atoms with Crippen molar-refractivity contribution in [2.75, 3.05) is 19.7 Å². The molecule has 2 heterocycles. The SMILES string of the molecule is N#Cc1ccc(F)c(CNC(=O)N2CCO[C@@H](c3ccsc3)C2)c1. The Morgan fingerprint density at radius 2 is 2.38 bits per heavy atom. The van der Waals surface area contributed by atoms with Crippen LogP contribution < -0.4 is 5.32 Å². The zero-order chi connectivity index (χ0) is 16.9. The zero-order valence-electron chi connectivity index (χ0n) is 12.9. The van der Waals surface area contributed by atoms with Crippen LogP contribution in [-0.4, -0.2) is 30.6 Å². The van der Waals surface area contributed by atoms with Crippen molar-refractivity contribution >= 4 is 17.4 Å². The number of ether oxygens (including phenoxy) is 1. The molecule has 1 aliphatic heterocycles. The first-order valence-electron chi connectivity index (χ1n) is 7.52. The molecule has 1 N–H and O–H groups in total. The summed E-state index contributed by atoms with van der Waals surface area (Å²) in [6.07, 6.45) is -0.130. The fraction of sp³-hybridized carbons (Fsp3) is 0.294. The van der Waals surface area contributed by atoms with Crippen LogP contribution in [0.1, 0.15) is 22.8 Å². The summed E-state index contributed by atoms with van der Waals surface area (Å²) in [5, 5.41) is 15.6. The number of hydrogen-bond acceptors (Lipinski definition) is 4. The minimum Gasteiger partial charge on any atom is -0.370 e. The number of nitriles is 1. The van der Waals surface area contributed by atoms with Gasteiger partial charge in [0, 0.05) is 18.7 Å². The van der Waals surface area contributed by atoms with Crippen molar-refractivity contribution < 1.29 is 13.9 Å². The minimum atomic E-state index is -0.438. The molecule has 0 bridgehead atoms. The molecule has 3 rings (SSSR count). The standard InChI is InChI=1S/C17H16FN3O2S/c18-15-2-1-12(8-19)7-14(15)9-20-17(22)21-4-5-23-16(10-21)13-3-6-24-11-13/h1-3,6-7,11,16H,4-5,9-10H2,(H,20,22)/t16-/m1/s1. The normalized spacial score (nSPS) is 17.3. The molecule has 1 aromatic carbocycles. The second kappa shape index (κ2) is 7.43. The molecule has 0 aliphatic carbocycles. The Balaban J connectivity index is 1.60. The van der Waals surface area contributed by atoms with E-state index in [1.807, 2.05) is 22.9 Å². The molecular formula is C17H16FN3O2S. The number of amides is 2. The van der Waals surface area contributed by atoms with Gasteiger partial charge < -0.3 is 15.0 Å². The predicted molar refractivity (Wildman–Crippen MR) is 87.9 cm³/mol. The van der Waals surface area contributed by atoms with E-state index in [9.17, 15) is 9.18 Å². The third-order valence-electron chi connectivity index (χ3n) is 3.87. The summed E-state index contributed by atoms with van der Waals surface area (Å²) in [4.78, 5) is 14.0. The molecule has 2 aromatic rings. The number of nitrogens with one attached hydrogen (secondary N) is 1. The predicted octanol–water partition coefficient (Wildman–Crippen LogP) is 3.04.